The van der Waals surface area contributed by atoms with Crippen molar-refractivity contribution in [2.24, 2.45) is 5.92 Å². The lowest BCUT2D eigenvalue weighted by Crippen LogP contribution is -2.11. The normalized spacial score (nSPS) is 10.3. The van der Waals surface area contributed by atoms with E-state index in [2.05, 4.69) is 13.8 Å². The van der Waals surface area contributed by atoms with Crippen LogP contribution in [0.3, 0.4) is 0 Å². The molecule has 0 saturated carbocycles. The number of ether oxygens (including phenoxy) is 2. The Hall–Kier alpha value is -1.51. The molecule has 1 aromatic carbocycles. The average molecular weight is 236 g/mol. The van der Waals surface area contributed by atoms with E-state index >= 15 is 0 Å². The molecular formula is C14H20O3. The number of rotatable bonds is 6. The highest BCUT2D eigenvalue weighted by atomic mass is 16.7. The van der Waals surface area contributed by atoms with Gasteiger partial charge in [0.15, 0.2) is 0 Å². The number of hydrogen-bond donors (Lipinski definition) is 0. The van der Waals surface area contributed by atoms with Gasteiger partial charge < -0.3 is 9.47 Å². The smallest absolute Gasteiger partial charge is 0.434 e. The molecule has 17 heavy (non-hydrogen) atoms. The van der Waals surface area contributed by atoms with Crippen LogP contribution in [0.25, 0.3) is 0 Å². The first-order valence-corrected chi connectivity index (χ1v) is 6.08. The van der Waals surface area contributed by atoms with E-state index in [9.17, 15) is 4.79 Å². The molecule has 0 amide bonds. The Labute approximate surface area is 103 Å². The summed E-state index contributed by atoms with van der Waals surface area (Å²) in [4.78, 5) is 11.3. The summed E-state index contributed by atoms with van der Waals surface area (Å²) in [6.45, 7) is 4.80. The fourth-order valence-electron chi connectivity index (χ4n) is 1.42. The van der Waals surface area contributed by atoms with Gasteiger partial charge in [-0.3, -0.25) is 0 Å². The van der Waals surface area contributed by atoms with Crippen LogP contribution >= 0.6 is 0 Å². The number of benzene rings is 1. The molecule has 0 N–H and O–H groups in total. The van der Waals surface area contributed by atoms with Crippen LogP contribution < -0.4 is 4.74 Å². The van der Waals surface area contributed by atoms with Crippen molar-refractivity contribution < 1.29 is 14.3 Å². The van der Waals surface area contributed by atoms with Crippen molar-refractivity contribution in [3.8, 4) is 5.75 Å². The van der Waals surface area contributed by atoms with Crippen molar-refractivity contribution >= 4 is 6.16 Å². The molecule has 1 rings (SSSR count). The maximum Gasteiger partial charge on any atom is 0.513 e. The molecule has 0 saturated heterocycles. The Balaban J connectivity index is 2.10. The fourth-order valence-corrected chi connectivity index (χ4v) is 1.42. The van der Waals surface area contributed by atoms with E-state index in [0.29, 0.717) is 18.3 Å². The summed E-state index contributed by atoms with van der Waals surface area (Å²) in [5, 5.41) is 0. The number of carbonyl (C=O) groups is 1. The second-order valence-corrected chi connectivity index (χ2v) is 4.40. The van der Waals surface area contributed by atoms with Crippen molar-refractivity contribution in [3.05, 3.63) is 30.3 Å². The van der Waals surface area contributed by atoms with Crippen LogP contribution in [0.5, 0.6) is 5.75 Å². The summed E-state index contributed by atoms with van der Waals surface area (Å²) in [7, 11) is 0. The van der Waals surface area contributed by atoms with Gasteiger partial charge in [0.25, 0.3) is 0 Å². The van der Waals surface area contributed by atoms with E-state index in [1.165, 1.54) is 0 Å². The second-order valence-electron chi connectivity index (χ2n) is 4.40. The summed E-state index contributed by atoms with van der Waals surface area (Å²) in [6.07, 6.45) is 2.51. The van der Waals surface area contributed by atoms with Gasteiger partial charge >= 0.3 is 6.16 Å². The van der Waals surface area contributed by atoms with E-state index < -0.39 is 6.16 Å². The Morgan fingerprint density at radius 1 is 1.18 bits per heavy atom. The van der Waals surface area contributed by atoms with Gasteiger partial charge in [-0.05, 0) is 30.9 Å². The third kappa shape index (κ3) is 6.61. The van der Waals surface area contributed by atoms with E-state index in [4.69, 9.17) is 9.47 Å². The summed E-state index contributed by atoms with van der Waals surface area (Å²) in [5.74, 6) is 1.21. The third-order valence-electron chi connectivity index (χ3n) is 2.34. The zero-order chi connectivity index (χ0) is 12.5. The molecule has 0 atom stereocenters. The zero-order valence-electron chi connectivity index (χ0n) is 10.5. The average Bonchev–Trinajstić information content (AvgIpc) is 2.29. The van der Waals surface area contributed by atoms with Crippen LogP contribution in [-0.4, -0.2) is 12.8 Å². The Morgan fingerprint density at radius 3 is 2.53 bits per heavy atom. The molecule has 3 nitrogen and oxygen atoms in total. The van der Waals surface area contributed by atoms with Crippen LogP contribution in [0.1, 0.15) is 33.1 Å². The molecule has 0 aliphatic carbocycles. The lowest BCUT2D eigenvalue weighted by Gasteiger charge is -2.06. The molecule has 0 bridgehead atoms. The number of carbonyl (C=O) groups excluding carboxylic acids is 1. The summed E-state index contributed by atoms with van der Waals surface area (Å²) in [6, 6.07) is 8.93. The first kappa shape index (κ1) is 13.6. The molecule has 0 aliphatic rings. The Morgan fingerprint density at radius 2 is 1.88 bits per heavy atom. The maximum atomic E-state index is 11.3. The van der Waals surface area contributed by atoms with Crippen molar-refractivity contribution in [1.82, 2.24) is 0 Å². The SMILES string of the molecule is CC(C)CCCCOC(=O)Oc1ccccc1. The van der Waals surface area contributed by atoms with Crippen LogP contribution in [-0.2, 0) is 4.74 Å². The predicted molar refractivity (Wildman–Crippen MR) is 67.1 cm³/mol. The standard InChI is InChI=1S/C14H20O3/c1-12(2)8-6-7-11-16-14(15)17-13-9-4-3-5-10-13/h3-5,9-10,12H,6-8,11H2,1-2H3. The highest BCUT2D eigenvalue weighted by Gasteiger charge is 2.04. The number of unbranched alkanes of at least 4 members (excludes halogenated alkanes) is 1. The van der Waals surface area contributed by atoms with E-state index in [0.717, 1.165) is 19.3 Å². The van der Waals surface area contributed by atoms with Gasteiger partial charge in [0.1, 0.15) is 5.75 Å². The lowest BCUT2D eigenvalue weighted by atomic mass is 10.1. The van der Waals surface area contributed by atoms with Crippen molar-refractivity contribution in [2.75, 3.05) is 6.61 Å². The van der Waals surface area contributed by atoms with E-state index in [1.807, 2.05) is 18.2 Å². The second kappa shape index (κ2) is 7.71. The summed E-state index contributed by atoms with van der Waals surface area (Å²) in [5.41, 5.74) is 0. The van der Waals surface area contributed by atoms with Gasteiger partial charge in [-0.15, -0.1) is 0 Å². The molecule has 0 unspecified atom stereocenters. The van der Waals surface area contributed by atoms with Crippen LogP contribution in [0, 0.1) is 5.92 Å². The van der Waals surface area contributed by atoms with Crippen LogP contribution in [0.2, 0.25) is 0 Å². The molecule has 0 aliphatic heterocycles. The first-order valence-electron chi connectivity index (χ1n) is 6.08. The van der Waals surface area contributed by atoms with Gasteiger partial charge in [-0.2, -0.15) is 0 Å². The summed E-state index contributed by atoms with van der Waals surface area (Å²) < 4.78 is 9.95. The highest BCUT2D eigenvalue weighted by Crippen LogP contribution is 2.10. The van der Waals surface area contributed by atoms with Gasteiger partial charge in [0.05, 0.1) is 6.61 Å². The van der Waals surface area contributed by atoms with Crippen molar-refractivity contribution in [3.63, 3.8) is 0 Å². The molecule has 94 valence electrons. The number of para-hydroxylation sites is 1. The molecule has 3 heteroatoms. The molecule has 0 fully saturated rings. The summed E-state index contributed by atoms with van der Waals surface area (Å²) >= 11 is 0. The minimum Gasteiger partial charge on any atom is -0.434 e. The lowest BCUT2D eigenvalue weighted by molar-refractivity contribution is 0.0971. The first-order chi connectivity index (χ1) is 8.18. The van der Waals surface area contributed by atoms with Crippen molar-refractivity contribution in [2.45, 2.75) is 33.1 Å². The molecule has 0 radical (unpaired) electrons. The third-order valence-corrected chi connectivity index (χ3v) is 2.34. The monoisotopic (exact) mass is 236 g/mol. The molecular weight excluding hydrogens is 216 g/mol. The topological polar surface area (TPSA) is 35.5 Å². The Bertz CT molecular complexity index is 319. The molecule has 0 heterocycles. The van der Waals surface area contributed by atoms with Crippen LogP contribution in [0.15, 0.2) is 30.3 Å². The predicted octanol–water partition coefficient (Wildman–Crippen LogP) is 4.03. The van der Waals surface area contributed by atoms with Crippen molar-refractivity contribution in [1.29, 1.82) is 0 Å². The largest absolute Gasteiger partial charge is 0.513 e. The van der Waals surface area contributed by atoms with Gasteiger partial charge in [0, 0.05) is 0 Å². The zero-order valence-corrected chi connectivity index (χ0v) is 10.5. The highest BCUT2D eigenvalue weighted by molar-refractivity contribution is 5.63. The molecule has 1 aromatic rings. The van der Waals surface area contributed by atoms with E-state index in [-0.39, 0.29) is 0 Å². The van der Waals surface area contributed by atoms with Gasteiger partial charge in [-0.25, -0.2) is 4.79 Å². The van der Waals surface area contributed by atoms with Crippen LogP contribution in [0.4, 0.5) is 4.79 Å². The minimum absolute atomic E-state index is 0.429. The minimum atomic E-state index is -0.624. The maximum absolute atomic E-state index is 11.3. The number of hydrogen-bond acceptors (Lipinski definition) is 3. The van der Waals surface area contributed by atoms with E-state index in [1.54, 1.807) is 12.1 Å². The fraction of sp³-hybridized carbons (Fsp3) is 0.500. The van der Waals surface area contributed by atoms with Gasteiger partial charge in [0.2, 0.25) is 0 Å². The van der Waals surface area contributed by atoms with Gasteiger partial charge in [-0.1, -0.05) is 38.5 Å². The quantitative estimate of drug-likeness (QED) is 0.425. The Kier molecular flexibility index (Phi) is 6.15. The molecule has 0 spiro atoms. The molecule has 0 aromatic heterocycles.